The summed E-state index contributed by atoms with van der Waals surface area (Å²) in [5.74, 6) is -0.513. The third-order valence-electron chi connectivity index (χ3n) is 14.1. The van der Waals surface area contributed by atoms with Crippen LogP contribution in [0.3, 0.4) is 0 Å². The van der Waals surface area contributed by atoms with Crippen molar-refractivity contribution in [3.8, 4) is 0 Å². The molecule has 5 nitrogen and oxygen atoms in total. The average Bonchev–Trinajstić information content (AvgIpc) is 3.34. The normalized spacial score (nSPS) is 13.5. The number of carbonyl (C=O) groups is 1. The fourth-order valence-corrected chi connectivity index (χ4v) is 9.39. The molecule has 1 amide bonds. The molecule has 0 aromatic carbocycles. The molecule has 0 bridgehead atoms. The van der Waals surface area contributed by atoms with Crippen LogP contribution in [-0.4, -0.2) is 46.1 Å². The highest BCUT2D eigenvalue weighted by atomic mass is 16.3. The zero-order valence-corrected chi connectivity index (χ0v) is 45.7. The third-order valence-corrected chi connectivity index (χ3v) is 14.1. The van der Waals surface area contributed by atoms with Gasteiger partial charge in [-0.1, -0.05) is 300 Å². The van der Waals surface area contributed by atoms with Crippen molar-refractivity contribution in [2.75, 3.05) is 6.61 Å². The van der Waals surface area contributed by atoms with Gasteiger partial charge in [-0.2, -0.15) is 0 Å². The lowest BCUT2D eigenvalue weighted by Gasteiger charge is -2.21. The van der Waals surface area contributed by atoms with Crippen LogP contribution in [0.2, 0.25) is 0 Å². The standard InChI is InChI=1S/C63H119NO4/c1-3-5-7-9-11-13-15-17-19-21-23-25-27-28-29-30-31-32-33-34-35-36-38-40-42-44-46-48-50-52-54-56-58-62(67)63(68)64-60(59-65)61(66)57-55-53-51-49-47-45-43-41-39-37-26-24-22-20-18-16-14-12-10-8-6-4-2/h28-29,39,41,47,49,55,57,60-62,65-67H,3-27,30-38,40,42-46,48,50-54,56,58-59H2,1-2H3,(H,64,68)/b29-28-,41-39+,49-47+,57-55+. The number of aliphatic hydroxyl groups excluding tert-OH is 3. The van der Waals surface area contributed by atoms with E-state index in [-0.39, 0.29) is 6.61 Å². The Morgan fingerprint density at radius 1 is 0.353 bits per heavy atom. The van der Waals surface area contributed by atoms with Crippen LogP contribution in [0.15, 0.2) is 48.6 Å². The molecule has 0 radical (unpaired) electrons. The van der Waals surface area contributed by atoms with Crippen molar-refractivity contribution in [1.82, 2.24) is 5.32 Å². The molecule has 0 saturated heterocycles. The van der Waals surface area contributed by atoms with Crippen molar-refractivity contribution in [3.63, 3.8) is 0 Å². The fraction of sp³-hybridized carbons (Fsp3) is 0.857. The summed E-state index contributed by atoms with van der Waals surface area (Å²) in [6, 6.07) is -0.822. The first-order valence-electron chi connectivity index (χ1n) is 30.5. The molecule has 68 heavy (non-hydrogen) atoms. The molecule has 0 saturated carbocycles. The summed E-state index contributed by atoms with van der Waals surface area (Å²) >= 11 is 0. The van der Waals surface area contributed by atoms with Gasteiger partial charge in [0.2, 0.25) is 5.91 Å². The Labute approximate surface area is 425 Å². The minimum atomic E-state index is -1.11. The average molecular weight is 955 g/mol. The zero-order valence-electron chi connectivity index (χ0n) is 45.7. The van der Waals surface area contributed by atoms with Crippen LogP contribution in [0, 0.1) is 0 Å². The Bertz CT molecular complexity index is 1100. The lowest BCUT2D eigenvalue weighted by atomic mass is 10.0. The van der Waals surface area contributed by atoms with Gasteiger partial charge in [-0.3, -0.25) is 4.79 Å². The number of hydrogen-bond donors (Lipinski definition) is 4. The Balaban J connectivity index is 3.57. The van der Waals surface area contributed by atoms with E-state index in [0.29, 0.717) is 6.42 Å². The van der Waals surface area contributed by atoms with Crippen molar-refractivity contribution in [1.29, 1.82) is 0 Å². The van der Waals surface area contributed by atoms with Crippen LogP contribution in [0.4, 0.5) is 0 Å². The van der Waals surface area contributed by atoms with Gasteiger partial charge in [0, 0.05) is 0 Å². The van der Waals surface area contributed by atoms with E-state index in [1.54, 1.807) is 6.08 Å². The van der Waals surface area contributed by atoms with Crippen LogP contribution in [0.25, 0.3) is 0 Å². The topological polar surface area (TPSA) is 89.8 Å². The van der Waals surface area contributed by atoms with Gasteiger partial charge < -0.3 is 20.6 Å². The van der Waals surface area contributed by atoms with E-state index in [4.69, 9.17) is 0 Å². The maximum absolute atomic E-state index is 12.6. The quantitative estimate of drug-likeness (QED) is 0.0361. The molecule has 5 heteroatoms. The van der Waals surface area contributed by atoms with Gasteiger partial charge in [-0.15, -0.1) is 0 Å². The van der Waals surface area contributed by atoms with Gasteiger partial charge in [-0.25, -0.2) is 0 Å². The Morgan fingerprint density at radius 3 is 0.897 bits per heavy atom. The van der Waals surface area contributed by atoms with Gasteiger partial charge in [0.25, 0.3) is 0 Å². The molecule has 0 aliphatic rings. The van der Waals surface area contributed by atoms with Crippen LogP contribution < -0.4 is 5.32 Å². The van der Waals surface area contributed by atoms with Crippen LogP contribution in [-0.2, 0) is 4.79 Å². The third kappa shape index (κ3) is 52.1. The van der Waals surface area contributed by atoms with Crippen molar-refractivity contribution < 1.29 is 20.1 Å². The summed E-state index contributed by atoms with van der Waals surface area (Å²) < 4.78 is 0. The monoisotopic (exact) mass is 954 g/mol. The van der Waals surface area contributed by atoms with Crippen molar-refractivity contribution in [2.45, 2.75) is 340 Å². The highest BCUT2D eigenvalue weighted by Gasteiger charge is 2.22. The minimum absolute atomic E-state index is 0.380. The predicted molar refractivity (Wildman–Crippen MR) is 301 cm³/mol. The summed E-state index contributed by atoms with van der Waals surface area (Å²) in [7, 11) is 0. The lowest BCUT2D eigenvalue weighted by molar-refractivity contribution is -0.131. The van der Waals surface area contributed by atoms with Crippen molar-refractivity contribution >= 4 is 5.91 Å². The molecule has 0 aliphatic carbocycles. The first-order chi connectivity index (χ1) is 33.6. The van der Waals surface area contributed by atoms with E-state index >= 15 is 0 Å². The van der Waals surface area contributed by atoms with Crippen LogP contribution in [0.1, 0.15) is 322 Å². The van der Waals surface area contributed by atoms with Crippen LogP contribution in [0.5, 0.6) is 0 Å². The molecule has 4 N–H and O–H groups in total. The first-order valence-corrected chi connectivity index (χ1v) is 30.5. The largest absolute Gasteiger partial charge is 0.394 e. The minimum Gasteiger partial charge on any atom is -0.394 e. The number of unbranched alkanes of at least 4 members (excludes halogenated alkanes) is 42. The van der Waals surface area contributed by atoms with Gasteiger partial charge >= 0.3 is 0 Å². The fourth-order valence-electron chi connectivity index (χ4n) is 9.39. The number of hydrogen-bond acceptors (Lipinski definition) is 4. The lowest BCUT2D eigenvalue weighted by Crippen LogP contribution is -2.48. The second-order valence-corrected chi connectivity index (χ2v) is 20.9. The van der Waals surface area contributed by atoms with Gasteiger partial charge in [0.05, 0.1) is 18.8 Å². The molecule has 0 rings (SSSR count). The van der Waals surface area contributed by atoms with Crippen molar-refractivity contribution in [2.24, 2.45) is 0 Å². The highest BCUT2D eigenvalue weighted by Crippen LogP contribution is 2.17. The maximum atomic E-state index is 12.6. The predicted octanol–water partition coefficient (Wildman–Crippen LogP) is 19.2. The number of amides is 1. The number of aliphatic hydroxyl groups is 3. The van der Waals surface area contributed by atoms with E-state index < -0.39 is 24.2 Å². The smallest absolute Gasteiger partial charge is 0.249 e. The molecule has 0 spiro atoms. The first kappa shape index (κ1) is 66.3. The molecule has 400 valence electrons. The Hall–Kier alpha value is -1.69. The van der Waals surface area contributed by atoms with E-state index in [9.17, 15) is 20.1 Å². The van der Waals surface area contributed by atoms with Gasteiger partial charge in [-0.05, 0) is 70.6 Å². The molecule has 0 fully saturated rings. The summed E-state index contributed by atoms with van der Waals surface area (Å²) in [4.78, 5) is 12.6. The molecule has 0 aromatic rings. The number of carbonyl (C=O) groups excluding carboxylic acids is 1. The Kier molecular flexibility index (Phi) is 56.4. The number of allylic oxidation sites excluding steroid dienone is 7. The van der Waals surface area contributed by atoms with E-state index in [1.165, 1.54) is 257 Å². The van der Waals surface area contributed by atoms with Crippen molar-refractivity contribution in [3.05, 3.63) is 48.6 Å². The molecular weight excluding hydrogens is 835 g/mol. The molecule has 3 unspecified atom stereocenters. The maximum Gasteiger partial charge on any atom is 0.249 e. The summed E-state index contributed by atoms with van der Waals surface area (Å²) in [5.41, 5.74) is 0. The highest BCUT2D eigenvalue weighted by molar-refractivity contribution is 5.80. The molecule has 3 atom stereocenters. The summed E-state index contributed by atoms with van der Waals surface area (Å²) in [6.45, 7) is 4.20. The van der Waals surface area contributed by atoms with Gasteiger partial charge in [0.15, 0.2) is 0 Å². The summed E-state index contributed by atoms with van der Waals surface area (Å²) in [5, 5.41) is 33.4. The Morgan fingerprint density at radius 2 is 0.603 bits per heavy atom. The molecular formula is C63H119NO4. The van der Waals surface area contributed by atoms with E-state index in [1.807, 2.05) is 6.08 Å². The van der Waals surface area contributed by atoms with E-state index in [2.05, 4.69) is 55.6 Å². The number of nitrogens with one attached hydrogen (secondary N) is 1. The van der Waals surface area contributed by atoms with Gasteiger partial charge in [0.1, 0.15) is 6.10 Å². The SMILES string of the molecule is CCCCCCCCCCCCCC/C=C\CCCCCCCCCCCCCCCCCCC(O)C(=O)NC(CO)C(O)/C=C/CC/C=C/CC/C=C/CCCCCCCCCCCCCC. The van der Waals surface area contributed by atoms with E-state index in [0.717, 1.165) is 44.9 Å². The van der Waals surface area contributed by atoms with Crippen LogP contribution >= 0.6 is 0 Å². The molecule has 0 aromatic heterocycles. The summed E-state index contributed by atoms with van der Waals surface area (Å²) in [6.07, 6.45) is 77.9. The molecule has 0 heterocycles. The second-order valence-electron chi connectivity index (χ2n) is 20.9. The number of rotatable bonds is 56. The molecule has 0 aliphatic heterocycles. The second kappa shape index (κ2) is 57.9. The zero-order chi connectivity index (χ0) is 49.3.